The zero-order valence-corrected chi connectivity index (χ0v) is 11.7. The van der Waals surface area contributed by atoms with Gasteiger partial charge in [0.25, 0.3) is 0 Å². The van der Waals surface area contributed by atoms with Crippen molar-refractivity contribution < 1.29 is 14.3 Å². The average Bonchev–Trinajstić information content (AvgIpc) is 2.46. The van der Waals surface area contributed by atoms with E-state index in [4.69, 9.17) is 15.2 Å². The highest BCUT2D eigenvalue weighted by atomic mass is 16.5. The number of rotatable bonds is 4. The second-order valence-electron chi connectivity index (χ2n) is 5.15. The molecule has 5 nitrogen and oxygen atoms in total. The zero-order valence-electron chi connectivity index (χ0n) is 11.7. The summed E-state index contributed by atoms with van der Waals surface area (Å²) in [7, 11) is 1.67. The second-order valence-corrected chi connectivity index (χ2v) is 5.15. The molecule has 0 bridgehead atoms. The van der Waals surface area contributed by atoms with Gasteiger partial charge in [0.15, 0.2) is 0 Å². The summed E-state index contributed by atoms with van der Waals surface area (Å²) < 4.78 is 10.5. The Bertz CT molecular complexity index is 424. The lowest BCUT2D eigenvalue weighted by molar-refractivity contribution is 0.0445. The maximum absolute atomic E-state index is 11.7. The van der Waals surface area contributed by atoms with Gasteiger partial charge < -0.3 is 20.5 Å². The van der Waals surface area contributed by atoms with Crippen molar-refractivity contribution in [3.8, 4) is 0 Å². The molecule has 0 saturated heterocycles. The van der Waals surface area contributed by atoms with Gasteiger partial charge in [-0.15, -0.1) is 0 Å². The van der Waals surface area contributed by atoms with Crippen LogP contribution in [0.2, 0.25) is 0 Å². The Kier molecular flexibility index (Phi) is 5.38. The third-order valence-corrected chi connectivity index (χ3v) is 3.67. The number of ether oxygens (including phenoxy) is 2. The van der Waals surface area contributed by atoms with Crippen LogP contribution in [0.5, 0.6) is 0 Å². The maximum Gasteiger partial charge on any atom is 0.407 e. The molecule has 1 aromatic rings. The predicted molar refractivity (Wildman–Crippen MR) is 76.2 cm³/mol. The van der Waals surface area contributed by atoms with Gasteiger partial charge in [-0.25, -0.2) is 4.79 Å². The lowest BCUT2D eigenvalue weighted by Gasteiger charge is -2.33. The van der Waals surface area contributed by atoms with Gasteiger partial charge in [0.2, 0.25) is 0 Å². The Morgan fingerprint density at radius 2 is 2.10 bits per heavy atom. The highest BCUT2D eigenvalue weighted by Crippen LogP contribution is 2.20. The first kappa shape index (κ1) is 14.8. The first-order chi connectivity index (χ1) is 9.69. The van der Waals surface area contributed by atoms with Gasteiger partial charge in [0, 0.05) is 19.2 Å². The highest BCUT2D eigenvalue weighted by molar-refractivity contribution is 5.67. The number of nitrogens with one attached hydrogen (secondary N) is 1. The molecule has 1 aliphatic carbocycles. The van der Waals surface area contributed by atoms with Crippen LogP contribution in [0, 0.1) is 0 Å². The maximum atomic E-state index is 11.7. The standard InChI is InChI=1S/C15H22N2O3/c1-19-14-8-7-12(9-13(14)16)17-15(18)20-10-11-5-3-2-4-6-11/h2-6,12-14H,7-10,16H2,1H3,(H,17,18)/t12-,13+,14+/m0/s1. The van der Waals surface area contributed by atoms with E-state index < -0.39 is 0 Å². The summed E-state index contributed by atoms with van der Waals surface area (Å²) in [5.74, 6) is 0. The predicted octanol–water partition coefficient (Wildman–Crippen LogP) is 1.81. The van der Waals surface area contributed by atoms with E-state index in [2.05, 4.69) is 5.32 Å². The number of carbonyl (C=O) groups is 1. The molecule has 1 aromatic carbocycles. The van der Waals surface area contributed by atoms with E-state index in [1.807, 2.05) is 30.3 Å². The van der Waals surface area contributed by atoms with Crippen LogP contribution in [0.1, 0.15) is 24.8 Å². The molecule has 1 fully saturated rings. The van der Waals surface area contributed by atoms with Gasteiger partial charge in [-0.1, -0.05) is 30.3 Å². The van der Waals surface area contributed by atoms with Gasteiger partial charge >= 0.3 is 6.09 Å². The molecular formula is C15H22N2O3. The molecule has 0 heterocycles. The monoisotopic (exact) mass is 278 g/mol. The molecular weight excluding hydrogens is 256 g/mol. The van der Waals surface area contributed by atoms with Crippen molar-refractivity contribution in [2.24, 2.45) is 5.73 Å². The quantitative estimate of drug-likeness (QED) is 0.881. The smallest absolute Gasteiger partial charge is 0.407 e. The van der Waals surface area contributed by atoms with Crippen molar-refractivity contribution in [2.75, 3.05) is 7.11 Å². The van der Waals surface area contributed by atoms with Crippen molar-refractivity contribution >= 4 is 6.09 Å². The minimum absolute atomic E-state index is 0.0341. The van der Waals surface area contributed by atoms with Crippen LogP contribution in [0.25, 0.3) is 0 Å². The van der Waals surface area contributed by atoms with E-state index >= 15 is 0 Å². The Labute approximate surface area is 119 Å². The number of carbonyl (C=O) groups excluding carboxylic acids is 1. The molecule has 5 heteroatoms. The van der Waals surface area contributed by atoms with Crippen LogP contribution in [-0.4, -0.2) is 31.4 Å². The molecule has 3 N–H and O–H groups in total. The van der Waals surface area contributed by atoms with Crippen LogP contribution in [0.3, 0.4) is 0 Å². The van der Waals surface area contributed by atoms with E-state index in [1.165, 1.54) is 0 Å². The van der Waals surface area contributed by atoms with Crippen molar-refractivity contribution in [3.05, 3.63) is 35.9 Å². The summed E-state index contributed by atoms with van der Waals surface area (Å²) in [5.41, 5.74) is 6.98. The van der Waals surface area contributed by atoms with E-state index in [0.29, 0.717) is 0 Å². The summed E-state index contributed by atoms with van der Waals surface area (Å²) in [4.78, 5) is 11.7. The van der Waals surface area contributed by atoms with Gasteiger partial charge in [0.1, 0.15) is 6.61 Å². The Morgan fingerprint density at radius 1 is 1.35 bits per heavy atom. The number of alkyl carbamates (subject to hydrolysis) is 1. The minimum atomic E-state index is -0.387. The number of benzene rings is 1. The van der Waals surface area contributed by atoms with Crippen LogP contribution in [0.4, 0.5) is 4.79 Å². The number of nitrogens with two attached hydrogens (primary N) is 1. The fourth-order valence-electron chi connectivity index (χ4n) is 2.53. The molecule has 20 heavy (non-hydrogen) atoms. The summed E-state index contributed by atoms with van der Waals surface area (Å²) in [6.07, 6.45) is 2.16. The summed E-state index contributed by atoms with van der Waals surface area (Å²) in [6, 6.07) is 9.65. The van der Waals surface area contributed by atoms with Gasteiger partial charge in [0.05, 0.1) is 6.10 Å². The third kappa shape index (κ3) is 4.21. The lowest BCUT2D eigenvalue weighted by atomic mass is 9.89. The molecule has 0 aromatic heterocycles. The first-order valence-electron chi connectivity index (χ1n) is 6.94. The van der Waals surface area contributed by atoms with Crippen molar-refractivity contribution in [2.45, 2.75) is 44.1 Å². The summed E-state index contributed by atoms with van der Waals surface area (Å²) in [5, 5.41) is 2.87. The fourth-order valence-corrected chi connectivity index (χ4v) is 2.53. The summed E-state index contributed by atoms with van der Waals surface area (Å²) >= 11 is 0. The molecule has 1 aliphatic rings. The summed E-state index contributed by atoms with van der Waals surface area (Å²) in [6.45, 7) is 0.284. The largest absolute Gasteiger partial charge is 0.445 e. The topological polar surface area (TPSA) is 73.6 Å². The molecule has 110 valence electrons. The van der Waals surface area contributed by atoms with Gasteiger partial charge in [-0.05, 0) is 24.8 Å². The van der Waals surface area contributed by atoms with Crippen LogP contribution >= 0.6 is 0 Å². The Balaban J connectivity index is 1.72. The van der Waals surface area contributed by atoms with Crippen molar-refractivity contribution in [1.82, 2.24) is 5.32 Å². The molecule has 1 saturated carbocycles. The molecule has 3 atom stereocenters. The minimum Gasteiger partial charge on any atom is -0.445 e. The first-order valence-corrected chi connectivity index (χ1v) is 6.94. The van der Waals surface area contributed by atoms with Crippen molar-refractivity contribution in [3.63, 3.8) is 0 Å². The zero-order chi connectivity index (χ0) is 14.4. The number of methoxy groups -OCH3 is 1. The number of hydrogen-bond donors (Lipinski definition) is 2. The molecule has 0 unspecified atom stereocenters. The van der Waals surface area contributed by atoms with Crippen LogP contribution in [-0.2, 0) is 16.1 Å². The average molecular weight is 278 g/mol. The van der Waals surface area contributed by atoms with E-state index in [0.717, 1.165) is 24.8 Å². The second kappa shape index (κ2) is 7.26. The normalized spacial score (nSPS) is 26.0. The highest BCUT2D eigenvalue weighted by Gasteiger charge is 2.28. The van der Waals surface area contributed by atoms with Gasteiger partial charge in [-0.3, -0.25) is 0 Å². The Morgan fingerprint density at radius 3 is 2.75 bits per heavy atom. The van der Waals surface area contributed by atoms with Gasteiger partial charge in [-0.2, -0.15) is 0 Å². The Hall–Kier alpha value is -1.59. The van der Waals surface area contributed by atoms with E-state index in [1.54, 1.807) is 7.11 Å². The molecule has 1 amide bonds. The third-order valence-electron chi connectivity index (χ3n) is 3.67. The van der Waals surface area contributed by atoms with E-state index in [-0.39, 0.29) is 30.9 Å². The number of amides is 1. The van der Waals surface area contributed by atoms with Crippen molar-refractivity contribution in [1.29, 1.82) is 0 Å². The molecule has 0 radical (unpaired) electrons. The van der Waals surface area contributed by atoms with E-state index in [9.17, 15) is 4.79 Å². The van der Waals surface area contributed by atoms with Crippen LogP contribution in [0.15, 0.2) is 30.3 Å². The molecule has 0 spiro atoms. The lowest BCUT2D eigenvalue weighted by Crippen LogP contribution is -2.49. The van der Waals surface area contributed by atoms with Crippen LogP contribution < -0.4 is 11.1 Å². The number of hydrogen-bond acceptors (Lipinski definition) is 4. The fraction of sp³-hybridized carbons (Fsp3) is 0.533. The molecule has 0 aliphatic heterocycles. The SMILES string of the molecule is CO[C@@H]1CC[C@H](NC(=O)OCc2ccccc2)C[C@H]1N. The molecule has 2 rings (SSSR count).